The van der Waals surface area contributed by atoms with Crippen molar-refractivity contribution in [3.8, 4) is 0 Å². The maximum atomic E-state index is 5.50. The van der Waals surface area contributed by atoms with Crippen molar-refractivity contribution in [2.45, 2.75) is 40.5 Å². The van der Waals surface area contributed by atoms with Gasteiger partial charge < -0.3 is 4.90 Å². The maximum Gasteiger partial charge on any atom is 0.208 e. The average molecular weight is 214 g/mol. The van der Waals surface area contributed by atoms with E-state index >= 15 is 0 Å². The Labute approximate surface area is 93.9 Å². The van der Waals surface area contributed by atoms with Crippen molar-refractivity contribution in [2.24, 2.45) is 16.8 Å². The molecular formula is C11H26N4. The van der Waals surface area contributed by atoms with Gasteiger partial charge in [-0.05, 0) is 18.8 Å². The first-order valence-corrected chi connectivity index (χ1v) is 5.91. The molecule has 0 bridgehead atoms. The number of hydrogen-bond acceptors (Lipinski definition) is 2. The number of nitrogens with two attached hydrogens (primary N) is 1. The second-order valence-corrected chi connectivity index (χ2v) is 4.19. The van der Waals surface area contributed by atoms with E-state index in [1.807, 2.05) is 0 Å². The van der Waals surface area contributed by atoms with Crippen LogP contribution >= 0.6 is 0 Å². The first kappa shape index (κ1) is 14.2. The summed E-state index contributed by atoms with van der Waals surface area (Å²) >= 11 is 0. The maximum absolute atomic E-state index is 5.50. The Morgan fingerprint density at radius 2 is 1.80 bits per heavy atom. The fraction of sp³-hybridized carbons (Fsp3) is 0.909. The van der Waals surface area contributed by atoms with Crippen molar-refractivity contribution in [1.82, 2.24) is 10.3 Å². The van der Waals surface area contributed by atoms with E-state index in [1.54, 1.807) is 0 Å². The van der Waals surface area contributed by atoms with Crippen molar-refractivity contribution < 1.29 is 0 Å². The molecule has 4 nitrogen and oxygen atoms in total. The Hall–Kier alpha value is -0.770. The van der Waals surface area contributed by atoms with Crippen LogP contribution in [0.1, 0.15) is 40.5 Å². The highest BCUT2D eigenvalue weighted by Crippen LogP contribution is 1.98. The zero-order valence-corrected chi connectivity index (χ0v) is 10.6. The smallest absolute Gasteiger partial charge is 0.208 e. The van der Waals surface area contributed by atoms with E-state index in [2.05, 4.69) is 43.0 Å². The van der Waals surface area contributed by atoms with Crippen LogP contribution in [0.5, 0.6) is 0 Å². The van der Waals surface area contributed by atoms with Gasteiger partial charge in [0.1, 0.15) is 0 Å². The van der Waals surface area contributed by atoms with Crippen molar-refractivity contribution in [2.75, 3.05) is 19.6 Å². The highest BCUT2D eigenvalue weighted by Gasteiger charge is 2.07. The first-order chi connectivity index (χ1) is 7.15. The highest BCUT2D eigenvalue weighted by molar-refractivity contribution is 5.79. The Kier molecular flexibility index (Phi) is 8.09. The molecule has 0 spiro atoms. The second kappa shape index (κ2) is 8.53. The summed E-state index contributed by atoms with van der Waals surface area (Å²) in [5, 5.41) is 0. The van der Waals surface area contributed by atoms with Crippen molar-refractivity contribution in [3.05, 3.63) is 0 Å². The normalized spacial score (nSPS) is 12.0. The monoisotopic (exact) mass is 214 g/mol. The number of aliphatic imine (C=N–C) groups is 1. The summed E-state index contributed by atoms with van der Waals surface area (Å²) in [6, 6.07) is 0. The van der Waals surface area contributed by atoms with E-state index in [9.17, 15) is 0 Å². The summed E-state index contributed by atoms with van der Waals surface area (Å²) in [6.45, 7) is 11.5. The molecule has 4 heteroatoms. The van der Waals surface area contributed by atoms with E-state index in [4.69, 9.17) is 5.84 Å². The second-order valence-electron chi connectivity index (χ2n) is 4.19. The van der Waals surface area contributed by atoms with Gasteiger partial charge in [0.05, 0.1) is 0 Å². The van der Waals surface area contributed by atoms with Crippen molar-refractivity contribution >= 4 is 5.96 Å². The molecule has 0 saturated heterocycles. The van der Waals surface area contributed by atoms with Crippen LogP contribution in [0, 0.1) is 5.92 Å². The van der Waals surface area contributed by atoms with Gasteiger partial charge in [-0.2, -0.15) is 0 Å². The molecule has 0 atom stereocenters. The Balaban J connectivity index is 4.35. The van der Waals surface area contributed by atoms with Crippen LogP contribution in [0.2, 0.25) is 0 Å². The number of hydrogen-bond donors (Lipinski definition) is 2. The fourth-order valence-electron chi connectivity index (χ4n) is 1.37. The Bertz CT molecular complexity index is 171. The molecule has 15 heavy (non-hydrogen) atoms. The van der Waals surface area contributed by atoms with Crippen LogP contribution in [0.4, 0.5) is 0 Å². The molecule has 0 fully saturated rings. The van der Waals surface area contributed by atoms with Gasteiger partial charge in [0.15, 0.2) is 0 Å². The molecule has 0 amide bonds. The van der Waals surface area contributed by atoms with Crippen LogP contribution in [0.15, 0.2) is 4.99 Å². The summed E-state index contributed by atoms with van der Waals surface area (Å²) in [4.78, 5) is 6.70. The molecule has 0 radical (unpaired) electrons. The molecule has 0 unspecified atom stereocenters. The minimum atomic E-state index is 0.568. The van der Waals surface area contributed by atoms with Gasteiger partial charge in [-0.1, -0.05) is 27.7 Å². The average Bonchev–Trinajstić information content (AvgIpc) is 2.19. The van der Waals surface area contributed by atoms with Crippen molar-refractivity contribution in [3.63, 3.8) is 0 Å². The molecule has 0 rings (SSSR count). The predicted molar refractivity (Wildman–Crippen MR) is 66.6 cm³/mol. The predicted octanol–water partition coefficient (Wildman–Crippen LogP) is 1.58. The number of nitrogens with one attached hydrogen (secondary N) is 1. The van der Waals surface area contributed by atoms with Crippen LogP contribution in [-0.4, -0.2) is 30.5 Å². The quantitative estimate of drug-likeness (QED) is 0.305. The molecule has 0 aliphatic carbocycles. The van der Waals surface area contributed by atoms with E-state index in [0.29, 0.717) is 5.92 Å². The minimum absolute atomic E-state index is 0.568. The number of rotatable bonds is 6. The highest BCUT2D eigenvalue weighted by atomic mass is 15.4. The van der Waals surface area contributed by atoms with E-state index in [1.165, 1.54) is 0 Å². The molecule has 0 aromatic heterocycles. The number of nitrogens with zero attached hydrogens (tertiary/aromatic N) is 2. The zero-order valence-electron chi connectivity index (χ0n) is 10.6. The lowest BCUT2D eigenvalue weighted by Gasteiger charge is -2.24. The molecule has 90 valence electrons. The van der Waals surface area contributed by atoms with Gasteiger partial charge in [-0.15, -0.1) is 0 Å². The van der Waals surface area contributed by atoms with Crippen LogP contribution in [0.3, 0.4) is 0 Å². The number of guanidine groups is 1. The Morgan fingerprint density at radius 1 is 1.27 bits per heavy atom. The third-order valence-corrected chi connectivity index (χ3v) is 2.02. The van der Waals surface area contributed by atoms with Crippen LogP contribution in [-0.2, 0) is 0 Å². The zero-order chi connectivity index (χ0) is 11.7. The molecule has 3 N–H and O–H groups in total. The third-order valence-electron chi connectivity index (χ3n) is 2.02. The van der Waals surface area contributed by atoms with Gasteiger partial charge >= 0.3 is 0 Å². The van der Waals surface area contributed by atoms with Gasteiger partial charge in [0.2, 0.25) is 5.96 Å². The summed E-state index contributed by atoms with van der Waals surface area (Å²) < 4.78 is 0. The summed E-state index contributed by atoms with van der Waals surface area (Å²) in [5.41, 5.74) is 2.70. The molecule has 0 aliphatic rings. The van der Waals surface area contributed by atoms with Crippen molar-refractivity contribution in [1.29, 1.82) is 0 Å². The van der Waals surface area contributed by atoms with Crippen LogP contribution in [0.25, 0.3) is 0 Å². The third kappa shape index (κ3) is 6.33. The van der Waals surface area contributed by atoms with Gasteiger partial charge in [0.25, 0.3) is 0 Å². The Morgan fingerprint density at radius 3 is 2.13 bits per heavy atom. The topological polar surface area (TPSA) is 53.6 Å². The first-order valence-electron chi connectivity index (χ1n) is 5.91. The largest absolute Gasteiger partial charge is 0.342 e. The fourth-order valence-corrected chi connectivity index (χ4v) is 1.37. The molecular weight excluding hydrogens is 188 g/mol. The van der Waals surface area contributed by atoms with E-state index < -0.39 is 0 Å². The van der Waals surface area contributed by atoms with E-state index in [-0.39, 0.29) is 0 Å². The van der Waals surface area contributed by atoms with Crippen LogP contribution < -0.4 is 11.3 Å². The summed E-state index contributed by atoms with van der Waals surface area (Å²) in [6.07, 6.45) is 2.23. The summed E-state index contributed by atoms with van der Waals surface area (Å²) in [7, 11) is 0. The standard InChI is InChI=1S/C11H26N4/c1-5-7-15(8-6-2)11(14-12)13-9-10(3)4/h10H,5-9,12H2,1-4H3,(H,13,14). The van der Waals surface area contributed by atoms with Gasteiger partial charge in [-0.3, -0.25) is 10.4 Å². The molecule has 0 aromatic carbocycles. The molecule has 0 aromatic rings. The SMILES string of the molecule is CCCN(CCC)C(=NCC(C)C)NN. The minimum Gasteiger partial charge on any atom is -0.342 e. The molecule has 0 aliphatic heterocycles. The van der Waals surface area contributed by atoms with E-state index in [0.717, 1.165) is 38.4 Å². The molecule has 0 saturated carbocycles. The molecule has 0 heterocycles. The number of hydrazine groups is 1. The van der Waals surface area contributed by atoms with Gasteiger partial charge in [0, 0.05) is 19.6 Å². The summed E-state index contributed by atoms with van der Waals surface area (Å²) in [5.74, 6) is 6.89. The van der Waals surface area contributed by atoms with Gasteiger partial charge in [-0.25, -0.2) is 5.84 Å². The lowest BCUT2D eigenvalue weighted by atomic mass is 10.2. The lowest BCUT2D eigenvalue weighted by Crippen LogP contribution is -2.45. The lowest BCUT2D eigenvalue weighted by molar-refractivity contribution is 0.399.